The third kappa shape index (κ3) is 8.14. The first kappa shape index (κ1) is 28.7. The van der Waals surface area contributed by atoms with Gasteiger partial charge in [0, 0.05) is 40.0 Å². The van der Waals surface area contributed by atoms with Crippen LogP contribution in [0.1, 0.15) is 47.7 Å². The molecule has 1 unspecified atom stereocenters. The molecular formula is C33H38ClN3O2S. The fourth-order valence-electron chi connectivity index (χ4n) is 5.37. The number of thioether (sulfide) groups is 1. The maximum atomic E-state index is 12.7. The average Bonchev–Trinajstić information content (AvgIpc) is 2.94. The molecule has 40 heavy (non-hydrogen) atoms. The molecular weight excluding hydrogens is 538 g/mol. The van der Waals surface area contributed by atoms with Crippen LogP contribution >= 0.6 is 23.4 Å². The Labute approximate surface area is 247 Å². The van der Waals surface area contributed by atoms with Crippen molar-refractivity contribution in [3.63, 3.8) is 0 Å². The van der Waals surface area contributed by atoms with Gasteiger partial charge in [0.25, 0.3) is 5.91 Å². The first-order valence-corrected chi connectivity index (χ1v) is 15.4. The number of piperidine rings is 1. The number of carbonyl (C=O) groups excluding carboxylic acids is 1. The number of ether oxygens (including phenoxy) is 1. The largest absolute Gasteiger partial charge is 0.356 e. The monoisotopic (exact) mass is 575 g/mol. The predicted octanol–water partition coefficient (Wildman–Crippen LogP) is 7.32. The molecule has 1 atom stereocenters. The van der Waals surface area contributed by atoms with Gasteiger partial charge < -0.3 is 19.9 Å². The summed E-state index contributed by atoms with van der Waals surface area (Å²) >= 11 is 7.94. The number of nitrogens with one attached hydrogen (secondary N) is 1. The van der Waals surface area contributed by atoms with Crippen LogP contribution in [0, 0.1) is 5.92 Å². The van der Waals surface area contributed by atoms with Crippen LogP contribution in [0.5, 0.6) is 0 Å². The minimum absolute atomic E-state index is 0.0106. The van der Waals surface area contributed by atoms with Crippen molar-refractivity contribution in [3.8, 4) is 0 Å². The Balaban J connectivity index is 1.18. The van der Waals surface area contributed by atoms with Crippen LogP contribution in [0.2, 0.25) is 5.02 Å². The summed E-state index contributed by atoms with van der Waals surface area (Å²) in [6, 6.07) is 24.2. The second kappa shape index (κ2) is 14.2. The summed E-state index contributed by atoms with van der Waals surface area (Å²) in [5.74, 6) is 0.775. The van der Waals surface area contributed by atoms with Crippen molar-refractivity contribution in [2.75, 3.05) is 44.4 Å². The highest BCUT2D eigenvalue weighted by Crippen LogP contribution is 2.38. The van der Waals surface area contributed by atoms with Gasteiger partial charge in [0.2, 0.25) is 0 Å². The molecule has 210 valence electrons. The van der Waals surface area contributed by atoms with E-state index in [9.17, 15) is 4.79 Å². The lowest BCUT2D eigenvalue weighted by atomic mass is 10.0. The number of fused-ring (bicyclic) bond motifs is 1. The van der Waals surface area contributed by atoms with Crippen molar-refractivity contribution in [2.45, 2.75) is 37.6 Å². The van der Waals surface area contributed by atoms with Crippen molar-refractivity contribution in [3.05, 3.63) is 99.4 Å². The van der Waals surface area contributed by atoms with Crippen molar-refractivity contribution in [2.24, 2.45) is 5.92 Å². The lowest BCUT2D eigenvalue weighted by molar-refractivity contribution is 0.0950. The molecule has 1 saturated heterocycles. The zero-order valence-electron chi connectivity index (χ0n) is 23.2. The van der Waals surface area contributed by atoms with E-state index in [0.717, 1.165) is 52.2 Å². The van der Waals surface area contributed by atoms with Gasteiger partial charge >= 0.3 is 0 Å². The van der Waals surface area contributed by atoms with Gasteiger partial charge in [0.05, 0.1) is 12.3 Å². The van der Waals surface area contributed by atoms with Gasteiger partial charge in [-0.3, -0.25) is 4.79 Å². The highest BCUT2D eigenvalue weighted by Gasteiger charge is 2.18. The number of likely N-dealkylation sites (tertiary alicyclic amines) is 1. The zero-order chi connectivity index (χ0) is 27.7. The molecule has 1 amide bonds. The summed E-state index contributed by atoms with van der Waals surface area (Å²) in [6.07, 6.45) is 5.76. The third-order valence-corrected chi connectivity index (χ3v) is 8.68. The minimum atomic E-state index is -0.0106. The molecule has 2 heterocycles. The van der Waals surface area contributed by atoms with Crippen LogP contribution in [0.25, 0.3) is 6.08 Å². The molecule has 0 spiro atoms. The van der Waals surface area contributed by atoms with E-state index in [0.29, 0.717) is 25.4 Å². The smallest absolute Gasteiger partial charge is 0.251 e. The number of anilines is 1. The topological polar surface area (TPSA) is 44.8 Å². The first-order chi connectivity index (χ1) is 19.5. The Morgan fingerprint density at radius 3 is 2.80 bits per heavy atom. The molecule has 5 rings (SSSR count). The van der Waals surface area contributed by atoms with Gasteiger partial charge in [-0.15, -0.1) is 0 Å². The second-order valence-corrected chi connectivity index (χ2v) is 12.4. The van der Waals surface area contributed by atoms with Crippen LogP contribution in [0.3, 0.4) is 0 Å². The number of nitrogens with zero attached hydrogens (tertiary/aromatic N) is 2. The van der Waals surface area contributed by atoms with Crippen LogP contribution in [0.4, 0.5) is 5.69 Å². The number of para-hydroxylation sites is 1. The van der Waals surface area contributed by atoms with Crippen molar-refractivity contribution in [1.29, 1.82) is 0 Å². The number of halogens is 1. The van der Waals surface area contributed by atoms with E-state index in [2.05, 4.69) is 58.4 Å². The lowest BCUT2D eigenvalue weighted by Crippen LogP contribution is -2.36. The maximum absolute atomic E-state index is 12.7. The molecule has 1 fully saturated rings. The van der Waals surface area contributed by atoms with Gasteiger partial charge in [-0.25, -0.2) is 0 Å². The van der Waals surface area contributed by atoms with E-state index in [1.165, 1.54) is 30.8 Å². The molecule has 0 aliphatic carbocycles. The Morgan fingerprint density at radius 2 is 1.98 bits per heavy atom. The van der Waals surface area contributed by atoms with Crippen molar-refractivity contribution >= 4 is 41.0 Å². The fraction of sp³-hybridized carbons (Fsp3) is 0.364. The van der Waals surface area contributed by atoms with Gasteiger partial charge in [0.15, 0.2) is 0 Å². The second-order valence-electron chi connectivity index (χ2n) is 10.8. The number of amides is 1. The van der Waals surface area contributed by atoms with Crippen LogP contribution in [-0.2, 0) is 11.3 Å². The van der Waals surface area contributed by atoms with Crippen molar-refractivity contribution in [1.82, 2.24) is 10.2 Å². The average molecular weight is 576 g/mol. The number of hydrogen-bond donors (Lipinski definition) is 1. The summed E-state index contributed by atoms with van der Waals surface area (Å²) in [7, 11) is 0. The molecule has 2 aliphatic rings. The van der Waals surface area contributed by atoms with Crippen molar-refractivity contribution < 1.29 is 9.53 Å². The van der Waals surface area contributed by atoms with Gasteiger partial charge in [-0.1, -0.05) is 66.7 Å². The van der Waals surface area contributed by atoms with E-state index in [1.54, 1.807) is 11.8 Å². The highest BCUT2D eigenvalue weighted by molar-refractivity contribution is 8.03. The number of hydrogen-bond acceptors (Lipinski definition) is 5. The third-order valence-electron chi connectivity index (χ3n) is 7.38. The fourth-order valence-corrected chi connectivity index (χ4v) is 6.65. The molecule has 0 aromatic heterocycles. The molecule has 5 nitrogen and oxygen atoms in total. The SMILES string of the molecule is CC1CCCN(CCCNC(=O)c2ccc(/C=C3\COCN(Cc4cccc(Cl)c4)c4ccccc4S3)cc2)C1. The number of rotatable bonds is 8. The Morgan fingerprint density at radius 1 is 1.12 bits per heavy atom. The molecule has 7 heteroatoms. The van der Waals surface area contributed by atoms with E-state index in [4.69, 9.17) is 16.3 Å². The van der Waals surface area contributed by atoms with E-state index >= 15 is 0 Å². The van der Waals surface area contributed by atoms with Gasteiger partial charge in [-0.2, -0.15) is 0 Å². The molecule has 0 radical (unpaired) electrons. The highest BCUT2D eigenvalue weighted by atomic mass is 35.5. The molecule has 0 saturated carbocycles. The molecule has 0 bridgehead atoms. The molecule has 1 N–H and O–H groups in total. The zero-order valence-corrected chi connectivity index (χ0v) is 24.7. The standard InChI is InChI=1S/C33H38ClN3O2S/c1-25-7-5-17-36(21-25)18-6-16-35-33(38)28-14-12-26(13-15-28)20-30-23-39-24-37(22-27-8-4-9-29(34)19-27)31-10-2-3-11-32(31)40-30/h2-4,8-15,19-20,25H,5-7,16-18,21-24H2,1H3,(H,35,38)/b30-20+. The van der Waals surface area contributed by atoms with Gasteiger partial charge in [-0.05, 0) is 91.9 Å². The van der Waals surface area contributed by atoms with E-state index in [1.807, 2.05) is 42.5 Å². The van der Waals surface area contributed by atoms with E-state index in [-0.39, 0.29) is 5.91 Å². The maximum Gasteiger partial charge on any atom is 0.251 e. The summed E-state index contributed by atoms with van der Waals surface area (Å²) in [5.41, 5.74) is 4.03. The summed E-state index contributed by atoms with van der Waals surface area (Å²) in [5, 5.41) is 3.82. The molecule has 2 aliphatic heterocycles. The number of carbonyl (C=O) groups is 1. The summed E-state index contributed by atoms with van der Waals surface area (Å²) < 4.78 is 6.13. The number of benzene rings is 3. The summed E-state index contributed by atoms with van der Waals surface area (Å²) in [4.78, 5) is 19.8. The lowest BCUT2D eigenvalue weighted by Gasteiger charge is -2.30. The quantitative estimate of drug-likeness (QED) is 0.285. The Bertz CT molecular complexity index is 1310. The predicted molar refractivity (Wildman–Crippen MR) is 167 cm³/mol. The van der Waals surface area contributed by atoms with Crippen LogP contribution in [0.15, 0.2) is 82.6 Å². The normalized spacial score (nSPS) is 19.1. The Kier molecular flexibility index (Phi) is 10.2. The van der Waals surface area contributed by atoms with E-state index < -0.39 is 0 Å². The van der Waals surface area contributed by atoms with Crippen LogP contribution < -0.4 is 10.2 Å². The first-order valence-electron chi connectivity index (χ1n) is 14.2. The Hall–Kier alpha value is -2.77. The summed E-state index contributed by atoms with van der Waals surface area (Å²) in [6.45, 7) is 8.17. The van der Waals surface area contributed by atoms with Crippen LogP contribution in [-0.4, -0.2) is 50.3 Å². The minimum Gasteiger partial charge on any atom is -0.356 e. The molecule has 3 aromatic carbocycles. The van der Waals surface area contributed by atoms with Gasteiger partial charge in [0.1, 0.15) is 6.73 Å². The molecule has 3 aromatic rings.